The third kappa shape index (κ3) is 4.08. The zero-order valence-corrected chi connectivity index (χ0v) is 10.5. The molecule has 0 fully saturated rings. The molecule has 2 N–H and O–H groups in total. The lowest BCUT2D eigenvalue weighted by Crippen LogP contribution is -2.31. The fraction of sp³-hybridized carbons (Fsp3) is 0.583. The molecule has 4 heteroatoms. The minimum atomic E-state index is 0.218. The van der Waals surface area contributed by atoms with E-state index in [2.05, 4.69) is 24.1 Å². The molecule has 0 saturated carbocycles. The van der Waals surface area contributed by atoms with E-state index < -0.39 is 0 Å². The SMILES string of the molecule is CCC(CCO)NC(C)c1ccnc(Cl)c1. The van der Waals surface area contributed by atoms with E-state index in [1.165, 1.54) is 0 Å². The molecule has 0 aliphatic heterocycles. The van der Waals surface area contributed by atoms with Crippen molar-refractivity contribution in [2.24, 2.45) is 0 Å². The third-order valence-corrected chi connectivity index (χ3v) is 2.91. The lowest BCUT2D eigenvalue weighted by Gasteiger charge is -2.22. The molecule has 0 aromatic carbocycles. The molecule has 1 aromatic heterocycles. The Labute approximate surface area is 102 Å². The first-order valence-electron chi connectivity index (χ1n) is 5.65. The Bertz CT molecular complexity index is 320. The summed E-state index contributed by atoms with van der Waals surface area (Å²) >= 11 is 5.84. The number of nitrogens with zero attached hydrogens (tertiary/aromatic N) is 1. The number of hydrogen-bond donors (Lipinski definition) is 2. The predicted octanol–water partition coefficient (Wildman–Crippen LogP) is 2.55. The Hall–Kier alpha value is -0.640. The van der Waals surface area contributed by atoms with Crippen LogP contribution in [0.1, 0.15) is 38.3 Å². The summed E-state index contributed by atoms with van der Waals surface area (Å²) in [6.07, 6.45) is 3.49. The summed E-state index contributed by atoms with van der Waals surface area (Å²) in [5.41, 5.74) is 1.12. The third-order valence-electron chi connectivity index (χ3n) is 2.71. The van der Waals surface area contributed by atoms with Gasteiger partial charge in [0.1, 0.15) is 5.15 Å². The Kier molecular flexibility index (Phi) is 5.74. The monoisotopic (exact) mass is 242 g/mol. The largest absolute Gasteiger partial charge is 0.396 e. The molecule has 0 amide bonds. The Morgan fingerprint density at radius 1 is 1.56 bits per heavy atom. The second kappa shape index (κ2) is 6.84. The van der Waals surface area contributed by atoms with Crippen LogP contribution >= 0.6 is 11.6 Å². The molecule has 0 saturated heterocycles. The van der Waals surface area contributed by atoms with Gasteiger partial charge in [-0.1, -0.05) is 18.5 Å². The second-order valence-electron chi connectivity index (χ2n) is 3.92. The van der Waals surface area contributed by atoms with Gasteiger partial charge in [0.2, 0.25) is 0 Å². The van der Waals surface area contributed by atoms with Gasteiger partial charge in [-0.15, -0.1) is 0 Å². The maximum absolute atomic E-state index is 8.92. The average Bonchev–Trinajstić information content (AvgIpc) is 2.28. The molecule has 0 aliphatic rings. The molecule has 0 aliphatic carbocycles. The van der Waals surface area contributed by atoms with E-state index in [1.807, 2.05) is 12.1 Å². The van der Waals surface area contributed by atoms with Gasteiger partial charge in [-0.05, 0) is 37.5 Å². The molecule has 3 nitrogen and oxygen atoms in total. The van der Waals surface area contributed by atoms with E-state index in [9.17, 15) is 0 Å². The highest BCUT2D eigenvalue weighted by molar-refractivity contribution is 6.29. The molecule has 0 spiro atoms. The topological polar surface area (TPSA) is 45.1 Å². The van der Waals surface area contributed by atoms with Crippen LogP contribution < -0.4 is 5.32 Å². The number of aromatic nitrogens is 1. The lowest BCUT2D eigenvalue weighted by atomic mass is 10.1. The van der Waals surface area contributed by atoms with Gasteiger partial charge in [-0.25, -0.2) is 4.98 Å². The summed E-state index contributed by atoms with van der Waals surface area (Å²) < 4.78 is 0. The molecular weight excluding hydrogens is 224 g/mol. The highest BCUT2D eigenvalue weighted by Gasteiger charge is 2.11. The van der Waals surface area contributed by atoms with Crippen molar-refractivity contribution >= 4 is 11.6 Å². The van der Waals surface area contributed by atoms with Crippen LogP contribution in [0.2, 0.25) is 5.15 Å². The first-order valence-corrected chi connectivity index (χ1v) is 6.03. The number of aliphatic hydroxyl groups is 1. The van der Waals surface area contributed by atoms with Crippen molar-refractivity contribution in [3.8, 4) is 0 Å². The van der Waals surface area contributed by atoms with Crippen molar-refractivity contribution in [1.82, 2.24) is 10.3 Å². The molecule has 1 aromatic rings. The van der Waals surface area contributed by atoms with E-state index in [0.29, 0.717) is 11.2 Å². The molecule has 1 heterocycles. The minimum Gasteiger partial charge on any atom is -0.396 e. The first-order chi connectivity index (χ1) is 7.67. The van der Waals surface area contributed by atoms with Gasteiger partial charge < -0.3 is 10.4 Å². The summed E-state index contributed by atoms with van der Waals surface area (Å²) in [4.78, 5) is 3.96. The average molecular weight is 243 g/mol. The molecule has 90 valence electrons. The fourth-order valence-electron chi connectivity index (χ4n) is 1.70. The van der Waals surface area contributed by atoms with Crippen LogP contribution in [0.4, 0.5) is 0 Å². The van der Waals surface area contributed by atoms with Gasteiger partial charge >= 0.3 is 0 Å². The van der Waals surface area contributed by atoms with Crippen molar-refractivity contribution in [2.75, 3.05) is 6.61 Å². The van der Waals surface area contributed by atoms with E-state index in [0.717, 1.165) is 18.4 Å². The zero-order valence-electron chi connectivity index (χ0n) is 9.78. The van der Waals surface area contributed by atoms with Crippen LogP contribution in [0.5, 0.6) is 0 Å². The first kappa shape index (κ1) is 13.4. The molecule has 16 heavy (non-hydrogen) atoms. The minimum absolute atomic E-state index is 0.218. The number of nitrogens with one attached hydrogen (secondary N) is 1. The fourth-order valence-corrected chi connectivity index (χ4v) is 1.88. The van der Waals surface area contributed by atoms with Crippen molar-refractivity contribution in [2.45, 2.75) is 38.8 Å². The van der Waals surface area contributed by atoms with Crippen molar-refractivity contribution in [3.63, 3.8) is 0 Å². The normalized spacial score (nSPS) is 14.8. The molecule has 0 bridgehead atoms. The van der Waals surface area contributed by atoms with Crippen molar-refractivity contribution in [3.05, 3.63) is 29.0 Å². The highest BCUT2D eigenvalue weighted by Crippen LogP contribution is 2.16. The predicted molar refractivity (Wildman–Crippen MR) is 66.6 cm³/mol. The Balaban J connectivity index is 2.60. The highest BCUT2D eigenvalue weighted by atomic mass is 35.5. The number of hydrogen-bond acceptors (Lipinski definition) is 3. The molecule has 0 radical (unpaired) electrons. The van der Waals surface area contributed by atoms with Crippen LogP contribution in [0.25, 0.3) is 0 Å². The Morgan fingerprint density at radius 3 is 2.88 bits per heavy atom. The number of rotatable bonds is 6. The number of pyridine rings is 1. The van der Waals surface area contributed by atoms with Crippen LogP contribution in [0, 0.1) is 0 Å². The summed E-state index contributed by atoms with van der Waals surface area (Å²) in [7, 11) is 0. The standard InChI is InChI=1S/C12H19ClN2O/c1-3-11(5-7-16)15-9(2)10-4-6-14-12(13)8-10/h4,6,8-9,11,15-16H,3,5,7H2,1-2H3. The maximum atomic E-state index is 8.92. The van der Waals surface area contributed by atoms with Gasteiger partial charge in [-0.2, -0.15) is 0 Å². The van der Waals surface area contributed by atoms with Crippen LogP contribution in [-0.2, 0) is 0 Å². The smallest absolute Gasteiger partial charge is 0.129 e. The van der Waals surface area contributed by atoms with Gasteiger partial charge in [0, 0.05) is 24.9 Å². The molecule has 2 unspecified atom stereocenters. The van der Waals surface area contributed by atoms with E-state index in [4.69, 9.17) is 16.7 Å². The quantitative estimate of drug-likeness (QED) is 0.754. The van der Waals surface area contributed by atoms with Crippen LogP contribution in [0.15, 0.2) is 18.3 Å². The summed E-state index contributed by atoms with van der Waals surface area (Å²) in [6, 6.07) is 4.38. The van der Waals surface area contributed by atoms with Crippen LogP contribution in [0.3, 0.4) is 0 Å². The zero-order chi connectivity index (χ0) is 12.0. The molecular formula is C12H19ClN2O. The maximum Gasteiger partial charge on any atom is 0.129 e. The van der Waals surface area contributed by atoms with Crippen molar-refractivity contribution in [1.29, 1.82) is 0 Å². The number of halogens is 1. The molecule has 1 rings (SSSR count). The van der Waals surface area contributed by atoms with Crippen LogP contribution in [-0.4, -0.2) is 22.7 Å². The van der Waals surface area contributed by atoms with E-state index in [-0.39, 0.29) is 12.6 Å². The second-order valence-corrected chi connectivity index (χ2v) is 4.30. The summed E-state index contributed by atoms with van der Waals surface area (Å²) in [6.45, 7) is 4.42. The van der Waals surface area contributed by atoms with E-state index in [1.54, 1.807) is 6.20 Å². The number of aliphatic hydroxyl groups excluding tert-OH is 1. The van der Waals surface area contributed by atoms with Gasteiger partial charge in [-0.3, -0.25) is 0 Å². The van der Waals surface area contributed by atoms with E-state index >= 15 is 0 Å². The lowest BCUT2D eigenvalue weighted by molar-refractivity contribution is 0.257. The summed E-state index contributed by atoms with van der Waals surface area (Å²) in [5.74, 6) is 0. The van der Waals surface area contributed by atoms with Gasteiger partial charge in [0.15, 0.2) is 0 Å². The molecule has 2 atom stereocenters. The Morgan fingerprint density at radius 2 is 2.31 bits per heavy atom. The van der Waals surface area contributed by atoms with Gasteiger partial charge in [0.05, 0.1) is 0 Å². The summed E-state index contributed by atoms with van der Waals surface area (Å²) in [5, 5.41) is 12.9. The van der Waals surface area contributed by atoms with Crippen molar-refractivity contribution < 1.29 is 5.11 Å². The van der Waals surface area contributed by atoms with Gasteiger partial charge in [0.25, 0.3) is 0 Å².